The first-order valence-corrected chi connectivity index (χ1v) is 14.8. The highest BCUT2D eigenvalue weighted by Gasteiger charge is 2.30. The molecular formula is C30H38N8O6. The number of pyridine rings is 1. The predicted molar refractivity (Wildman–Crippen MR) is 162 cm³/mol. The number of hydrogen-bond acceptors (Lipinski definition) is 10. The van der Waals surface area contributed by atoms with E-state index in [9.17, 15) is 14.7 Å². The molecule has 2 N–H and O–H groups in total. The van der Waals surface area contributed by atoms with Gasteiger partial charge in [0, 0.05) is 62.6 Å². The van der Waals surface area contributed by atoms with Gasteiger partial charge in [-0.2, -0.15) is 9.61 Å². The van der Waals surface area contributed by atoms with E-state index in [4.69, 9.17) is 19.2 Å². The van der Waals surface area contributed by atoms with Gasteiger partial charge in [-0.3, -0.25) is 14.6 Å². The molecule has 0 aromatic carbocycles. The number of aromatic nitrogens is 5. The van der Waals surface area contributed by atoms with Crippen molar-refractivity contribution < 1.29 is 28.9 Å². The maximum atomic E-state index is 13.4. The van der Waals surface area contributed by atoms with E-state index in [2.05, 4.69) is 24.9 Å². The fourth-order valence-electron chi connectivity index (χ4n) is 5.41. The summed E-state index contributed by atoms with van der Waals surface area (Å²) in [5.74, 6) is -0.0969. The monoisotopic (exact) mass is 606 g/mol. The van der Waals surface area contributed by atoms with Gasteiger partial charge in [0.2, 0.25) is 0 Å². The minimum Gasteiger partial charge on any atom is -0.443 e. The van der Waals surface area contributed by atoms with E-state index in [1.54, 1.807) is 40.1 Å². The Hall–Kier alpha value is -4.11. The SMILES string of the molecule is CN(C(=O)OC(C)(C)C)c1cc(-c2cn(CCN3CCOCC3)c3ncccc23)nc2c(C(=O)N[C@H]3COC[C@H]3O)cnn12. The lowest BCUT2D eigenvalue weighted by atomic mass is 10.1. The van der Waals surface area contributed by atoms with Crippen molar-refractivity contribution in [2.75, 3.05) is 58.0 Å². The number of aliphatic hydroxyl groups is 1. The summed E-state index contributed by atoms with van der Waals surface area (Å²) < 4.78 is 20.0. The first-order valence-electron chi connectivity index (χ1n) is 14.8. The Morgan fingerprint density at radius 3 is 2.68 bits per heavy atom. The number of ether oxygens (including phenoxy) is 3. The highest BCUT2D eigenvalue weighted by Crippen LogP contribution is 2.32. The van der Waals surface area contributed by atoms with E-state index in [-0.39, 0.29) is 24.4 Å². The lowest BCUT2D eigenvalue weighted by molar-refractivity contribution is 0.0365. The molecular weight excluding hydrogens is 568 g/mol. The van der Waals surface area contributed by atoms with Gasteiger partial charge in [0.15, 0.2) is 5.65 Å². The lowest BCUT2D eigenvalue weighted by Gasteiger charge is -2.26. The topological polar surface area (TPSA) is 149 Å². The van der Waals surface area contributed by atoms with Crippen LogP contribution in [0.15, 0.2) is 36.8 Å². The molecule has 14 nitrogen and oxygen atoms in total. The second-order valence-electron chi connectivity index (χ2n) is 12.1. The van der Waals surface area contributed by atoms with Gasteiger partial charge in [-0.1, -0.05) is 0 Å². The number of morpholine rings is 1. The molecule has 2 aliphatic rings. The fourth-order valence-corrected chi connectivity index (χ4v) is 5.41. The third kappa shape index (κ3) is 6.11. The molecule has 234 valence electrons. The zero-order valence-electron chi connectivity index (χ0n) is 25.4. The van der Waals surface area contributed by atoms with Crippen LogP contribution in [0.1, 0.15) is 31.1 Å². The molecule has 2 amide bonds. The highest BCUT2D eigenvalue weighted by atomic mass is 16.6. The quantitative estimate of drug-likeness (QED) is 0.320. The third-order valence-corrected chi connectivity index (χ3v) is 7.75. The van der Waals surface area contributed by atoms with Gasteiger partial charge < -0.3 is 29.2 Å². The van der Waals surface area contributed by atoms with Crippen LogP contribution < -0.4 is 10.2 Å². The molecule has 2 saturated heterocycles. The van der Waals surface area contributed by atoms with E-state index in [0.717, 1.165) is 49.4 Å². The van der Waals surface area contributed by atoms with Crippen molar-refractivity contribution in [2.45, 2.75) is 45.1 Å². The average molecular weight is 607 g/mol. The molecule has 4 aromatic heterocycles. The van der Waals surface area contributed by atoms with Crippen molar-refractivity contribution in [3.05, 3.63) is 42.4 Å². The Balaban J connectivity index is 1.43. The van der Waals surface area contributed by atoms with Crippen LogP contribution in [0.25, 0.3) is 27.9 Å². The molecule has 0 unspecified atom stereocenters. The molecule has 0 saturated carbocycles. The number of fused-ring (bicyclic) bond motifs is 2. The first-order chi connectivity index (χ1) is 21.1. The molecule has 14 heteroatoms. The van der Waals surface area contributed by atoms with Gasteiger partial charge in [-0.05, 0) is 32.9 Å². The van der Waals surface area contributed by atoms with Crippen molar-refractivity contribution in [1.82, 2.24) is 34.4 Å². The van der Waals surface area contributed by atoms with Crippen LogP contribution in [0.4, 0.5) is 10.6 Å². The van der Waals surface area contributed by atoms with Crippen molar-refractivity contribution in [3.8, 4) is 11.3 Å². The zero-order chi connectivity index (χ0) is 31.0. The maximum absolute atomic E-state index is 13.4. The van der Waals surface area contributed by atoms with Gasteiger partial charge in [0.1, 0.15) is 22.6 Å². The smallest absolute Gasteiger partial charge is 0.415 e. The number of hydrogen-bond donors (Lipinski definition) is 2. The molecule has 2 aliphatic heterocycles. The van der Waals surface area contributed by atoms with E-state index in [1.807, 2.05) is 18.3 Å². The van der Waals surface area contributed by atoms with E-state index < -0.39 is 29.7 Å². The number of rotatable bonds is 7. The molecule has 0 bridgehead atoms. The Kier molecular flexibility index (Phi) is 8.24. The molecule has 0 radical (unpaired) electrons. The Bertz CT molecular complexity index is 1670. The van der Waals surface area contributed by atoms with E-state index in [0.29, 0.717) is 18.1 Å². The molecule has 6 heterocycles. The zero-order valence-corrected chi connectivity index (χ0v) is 25.4. The number of nitrogens with zero attached hydrogens (tertiary/aromatic N) is 7. The standard InChI is InChI=1S/C30H38N8O6/c1-30(2,3)44-29(41)35(4)25-14-22(33-27-20(15-32-38(25)27)28(40)34-23-17-43-18-24(23)39)21-16-37(26-19(21)6-5-7-31-26)9-8-36-10-12-42-13-11-36/h5-7,14-16,23-24,39H,8-13,17-18H2,1-4H3,(H,34,40)/t23-,24+/m0/s1. The van der Waals surface area contributed by atoms with Crippen LogP contribution in [0.2, 0.25) is 0 Å². The van der Waals surface area contributed by atoms with Gasteiger partial charge >= 0.3 is 6.09 Å². The van der Waals surface area contributed by atoms with Crippen LogP contribution in [-0.2, 0) is 20.8 Å². The highest BCUT2D eigenvalue weighted by molar-refractivity contribution is 6.01. The minimum atomic E-state index is -0.811. The van der Waals surface area contributed by atoms with Gasteiger partial charge in [-0.25, -0.2) is 14.8 Å². The molecule has 2 atom stereocenters. The van der Waals surface area contributed by atoms with Crippen LogP contribution in [0, 0.1) is 0 Å². The van der Waals surface area contributed by atoms with Gasteiger partial charge in [0.25, 0.3) is 5.91 Å². The summed E-state index contributed by atoms with van der Waals surface area (Å²) in [6.45, 7) is 10.5. The number of amides is 2. The molecule has 4 aromatic rings. The normalized spacial score (nSPS) is 19.5. The Labute approximate surface area is 254 Å². The second kappa shape index (κ2) is 12.1. The van der Waals surface area contributed by atoms with E-state index in [1.165, 1.54) is 15.6 Å². The molecule has 44 heavy (non-hydrogen) atoms. The summed E-state index contributed by atoms with van der Waals surface area (Å²) in [6.07, 6.45) is 3.78. The fraction of sp³-hybridized carbons (Fsp3) is 0.500. The predicted octanol–water partition coefficient (Wildman–Crippen LogP) is 1.94. The largest absolute Gasteiger partial charge is 0.443 e. The number of anilines is 1. The lowest BCUT2D eigenvalue weighted by Crippen LogP contribution is -2.42. The van der Waals surface area contributed by atoms with Crippen LogP contribution >= 0.6 is 0 Å². The Morgan fingerprint density at radius 1 is 1.16 bits per heavy atom. The molecule has 6 rings (SSSR count). The van der Waals surface area contributed by atoms with Crippen molar-refractivity contribution >= 4 is 34.5 Å². The molecule has 0 aliphatic carbocycles. The minimum absolute atomic E-state index is 0.149. The third-order valence-electron chi connectivity index (χ3n) is 7.75. The first kappa shape index (κ1) is 29.9. The van der Waals surface area contributed by atoms with Crippen LogP contribution in [0.5, 0.6) is 0 Å². The Morgan fingerprint density at radius 2 is 1.95 bits per heavy atom. The van der Waals surface area contributed by atoms with Crippen LogP contribution in [-0.4, -0.2) is 117 Å². The number of nitrogens with one attached hydrogen (secondary N) is 1. The molecule has 0 spiro atoms. The van der Waals surface area contributed by atoms with E-state index >= 15 is 0 Å². The number of aliphatic hydroxyl groups excluding tert-OH is 1. The summed E-state index contributed by atoms with van der Waals surface area (Å²) in [7, 11) is 1.59. The average Bonchev–Trinajstić information content (AvgIpc) is 3.72. The summed E-state index contributed by atoms with van der Waals surface area (Å²) in [6, 6.07) is 5.06. The second-order valence-corrected chi connectivity index (χ2v) is 12.1. The van der Waals surface area contributed by atoms with Crippen molar-refractivity contribution in [3.63, 3.8) is 0 Å². The van der Waals surface area contributed by atoms with Gasteiger partial charge in [-0.15, -0.1) is 0 Å². The van der Waals surface area contributed by atoms with Crippen molar-refractivity contribution in [1.29, 1.82) is 0 Å². The molecule has 2 fully saturated rings. The summed E-state index contributed by atoms with van der Waals surface area (Å²) >= 11 is 0. The number of carbonyl (C=O) groups excluding carboxylic acids is 2. The van der Waals surface area contributed by atoms with Crippen molar-refractivity contribution in [2.24, 2.45) is 0 Å². The van der Waals surface area contributed by atoms with Gasteiger partial charge in [0.05, 0.1) is 50.5 Å². The maximum Gasteiger partial charge on any atom is 0.415 e. The summed E-state index contributed by atoms with van der Waals surface area (Å²) in [5.41, 5.74) is 1.85. The number of carbonyl (C=O) groups is 2. The summed E-state index contributed by atoms with van der Waals surface area (Å²) in [5, 5.41) is 18.3. The summed E-state index contributed by atoms with van der Waals surface area (Å²) in [4.78, 5) is 39.9. The van der Waals surface area contributed by atoms with Crippen LogP contribution in [0.3, 0.4) is 0 Å².